The predicted molar refractivity (Wildman–Crippen MR) is 223 cm³/mol. The number of anilines is 1. The molecule has 0 radical (unpaired) electrons. The van der Waals surface area contributed by atoms with Gasteiger partial charge in [0.2, 0.25) is 11.8 Å². The number of nitrogens with one attached hydrogen (secondary N) is 2. The van der Waals surface area contributed by atoms with E-state index in [2.05, 4.69) is 65.9 Å². The van der Waals surface area contributed by atoms with Crippen LogP contribution >= 0.6 is 0 Å². The van der Waals surface area contributed by atoms with Crippen LogP contribution in [0.25, 0.3) is 32.9 Å². The maximum absolute atomic E-state index is 13.3. The first-order valence-electron chi connectivity index (χ1n) is 20.4. The number of piperidine rings is 1. The van der Waals surface area contributed by atoms with Crippen molar-refractivity contribution in [1.82, 2.24) is 35.1 Å². The Hall–Kier alpha value is -6.60. The molecule has 2 N–H and O–H groups in total. The number of carbonyl (C=O) groups excluding carboxylic acids is 3. The first kappa shape index (κ1) is 36.7. The second-order valence-electron chi connectivity index (χ2n) is 15.9. The SMILES string of the molecule is C=C1CCC(N2C(=O)c3ccc(N4CCN(CCCc5ccc(OC6CC(Oc7ccc(-c8ccc9c(c8)[nH]c8ccncc89)cn7)C6)cn5)CC4)cc3C2=O)C(=O)N1. The highest BCUT2D eigenvalue weighted by molar-refractivity contribution is 6.23. The Labute approximate surface area is 341 Å². The third-order valence-corrected chi connectivity index (χ3v) is 12.1. The molecule has 1 unspecified atom stereocenters. The maximum atomic E-state index is 13.3. The van der Waals surface area contributed by atoms with Gasteiger partial charge in [0, 0.05) is 108 Å². The highest BCUT2D eigenvalue weighted by atomic mass is 16.5. The Morgan fingerprint density at radius 1 is 0.763 bits per heavy atom. The smallest absolute Gasteiger partial charge is 0.262 e. The number of aromatic nitrogens is 4. The summed E-state index contributed by atoms with van der Waals surface area (Å²) in [5.74, 6) is 0.224. The highest BCUT2D eigenvalue weighted by Gasteiger charge is 2.44. The summed E-state index contributed by atoms with van der Waals surface area (Å²) >= 11 is 0. The number of pyridine rings is 3. The Morgan fingerprint density at radius 2 is 1.59 bits per heavy atom. The van der Waals surface area contributed by atoms with Crippen molar-refractivity contribution < 1.29 is 23.9 Å². The number of carbonyl (C=O) groups is 3. The van der Waals surface area contributed by atoms with E-state index in [-0.39, 0.29) is 18.1 Å². The monoisotopic (exact) mass is 788 g/mol. The fourth-order valence-corrected chi connectivity index (χ4v) is 8.70. The van der Waals surface area contributed by atoms with Crippen molar-refractivity contribution in [2.45, 2.75) is 56.8 Å². The topological polar surface area (TPSA) is 146 Å². The lowest BCUT2D eigenvalue weighted by molar-refractivity contribution is -0.125. The van der Waals surface area contributed by atoms with Crippen molar-refractivity contribution in [2.75, 3.05) is 37.6 Å². The van der Waals surface area contributed by atoms with E-state index >= 15 is 0 Å². The van der Waals surface area contributed by atoms with Gasteiger partial charge in [0.15, 0.2) is 0 Å². The van der Waals surface area contributed by atoms with Crippen LogP contribution in [0.5, 0.6) is 11.6 Å². The zero-order valence-corrected chi connectivity index (χ0v) is 32.6. The molecule has 59 heavy (non-hydrogen) atoms. The van der Waals surface area contributed by atoms with Gasteiger partial charge in [0.25, 0.3) is 11.8 Å². The van der Waals surface area contributed by atoms with Crippen molar-refractivity contribution in [2.24, 2.45) is 0 Å². The molecule has 3 aliphatic heterocycles. The van der Waals surface area contributed by atoms with Gasteiger partial charge in [-0.1, -0.05) is 18.7 Å². The van der Waals surface area contributed by atoms with Gasteiger partial charge in [-0.2, -0.15) is 0 Å². The molecule has 6 aromatic rings. The molecule has 298 valence electrons. The number of hydrogen-bond donors (Lipinski definition) is 2. The molecule has 4 aliphatic rings. The molecular formula is C46H44N8O5. The van der Waals surface area contributed by atoms with Crippen molar-refractivity contribution >= 4 is 45.2 Å². The zero-order valence-electron chi connectivity index (χ0n) is 32.6. The van der Waals surface area contributed by atoms with Gasteiger partial charge in [0.05, 0.1) is 17.3 Å². The average Bonchev–Trinajstić information content (AvgIpc) is 3.74. The van der Waals surface area contributed by atoms with E-state index in [9.17, 15) is 14.4 Å². The molecule has 13 nitrogen and oxygen atoms in total. The summed E-state index contributed by atoms with van der Waals surface area (Å²) < 4.78 is 12.3. The van der Waals surface area contributed by atoms with Crippen molar-refractivity contribution in [1.29, 1.82) is 0 Å². The number of H-pyrrole nitrogens is 1. The second kappa shape index (κ2) is 15.3. The molecule has 2 saturated heterocycles. The fourth-order valence-electron chi connectivity index (χ4n) is 8.70. The van der Waals surface area contributed by atoms with Crippen molar-refractivity contribution in [3.8, 4) is 22.8 Å². The van der Waals surface area contributed by atoms with E-state index in [1.165, 1.54) is 0 Å². The van der Waals surface area contributed by atoms with Crippen LogP contribution in [0.15, 0.2) is 104 Å². The average molecular weight is 789 g/mol. The molecule has 1 atom stereocenters. The number of benzene rings is 2. The van der Waals surface area contributed by atoms with Gasteiger partial charge >= 0.3 is 0 Å². The Kier molecular flexibility index (Phi) is 9.52. The number of hydrogen-bond acceptors (Lipinski definition) is 10. The molecule has 1 aliphatic carbocycles. The number of ether oxygens (including phenoxy) is 2. The van der Waals surface area contributed by atoms with Crippen LogP contribution in [-0.2, 0) is 11.2 Å². The van der Waals surface area contributed by atoms with Gasteiger partial charge < -0.3 is 24.7 Å². The first-order chi connectivity index (χ1) is 28.8. The summed E-state index contributed by atoms with van der Waals surface area (Å²) in [6, 6.07) is 21.1. The number of nitrogens with zero attached hydrogens (tertiary/aromatic N) is 6. The van der Waals surface area contributed by atoms with E-state index in [1.54, 1.807) is 12.3 Å². The first-order valence-corrected chi connectivity index (χ1v) is 20.4. The number of imide groups is 1. The second-order valence-corrected chi connectivity index (χ2v) is 15.9. The number of fused-ring (bicyclic) bond motifs is 4. The van der Waals surface area contributed by atoms with Crippen LogP contribution in [0.4, 0.5) is 5.69 Å². The Bertz CT molecular complexity index is 2590. The summed E-state index contributed by atoms with van der Waals surface area (Å²) in [6.45, 7) is 8.21. The molecule has 4 aromatic heterocycles. The van der Waals surface area contributed by atoms with E-state index < -0.39 is 17.9 Å². The number of piperazine rings is 1. The third kappa shape index (κ3) is 7.26. The minimum atomic E-state index is -0.809. The van der Waals surface area contributed by atoms with Crippen molar-refractivity contribution in [3.05, 3.63) is 121 Å². The Morgan fingerprint density at radius 3 is 2.39 bits per heavy atom. The number of aryl methyl sites for hydroxylation is 1. The lowest BCUT2D eigenvalue weighted by Crippen LogP contribution is -2.51. The van der Waals surface area contributed by atoms with E-state index in [0.717, 1.165) is 113 Å². The van der Waals surface area contributed by atoms with E-state index in [4.69, 9.17) is 9.47 Å². The molecule has 13 heteroatoms. The van der Waals surface area contributed by atoms with Gasteiger partial charge in [-0.05, 0) is 86.3 Å². The number of amides is 3. The van der Waals surface area contributed by atoms with E-state index in [1.807, 2.05) is 55.0 Å². The van der Waals surface area contributed by atoms with Crippen LogP contribution in [0.1, 0.15) is 58.5 Å². The minimum Gasteiger partial charge on any atom is -0.489 e. The largest absolute Gasteiger partial charge is 0.489 e. The summed E-state index contributed by atoms with van der Waals surface area (Å²) in [7, 11) is 0. The predicted octanol–water partition coefficient (Wildman–Crippen LogP) is 6.31. The molecular weight excluding hydrogens is 745 g/mol. The summed E-state index contributed by atoms with van der Waals surface area (Å²) in [5, 5.41) is 4.96. The summed E-state index contributed by atoms with van der Waals surface area (Å²) in [5.41, 5.74) is 7.56. The lowest BCUT2D eigenvalue weighted by atomic mass is 9.92. The summed E-state index contributed by atoms with van der Waals surface area (Å²) in [4.78, 5) is 61.9. The van der Waals surface area contributed by atoms with E-state index in [0.29, 0.717) is 35.5 Å². The van der Waals surface area contributed by atoms with Crippen molar-refractivity contribution in [3.63, 3.8) is 0 Å². The van der Waals surface area contributed by atoms with Crippen LogP contribution in [-0.4, -0.2) is 98.4 Å². The molecule has 3 amide bonds. The quantitative estimate of drug-likeness (QED) is 0.143. The van der Waals surface area contributed by atoms with Crippen LogP contribution < -0.4 is 19.7 Å². The molecule has 10 rings (SSSR count). The highest BCUT2D eigenvalue weighted by Crippen LogP contribution is 2.34. The Balaban J connectivity index is 0.642. The van der Waals surface area contributed by atoms with Gasteiger partial charge in [-0.15, -0.1) is 0 Å². The molecule has 7 heterocycles. The fraction of sp³-hybridized carbons (Fsp3) is 0.304. The van der Waals surface area contributed by atoms with Crippen LogP contribution in [0.3, 0.4) is 0 Å². The molecule has 3 fully saturated rings. The number of aromatic amines is 1. The van der Waals surface area contributed by atoms with Gasteiger partial charge in [-0.3, -0.25) is 34.2 Å². The molecule has 2 aromatic carbocycles. The third-order valence-electron chi connectivity index (χ3n) is 12.1. The zero-order chi connectivity index (χ0) is 40.0. The molecule has 0 bridgehead atoms. The standard InChI is InChI=1S/C46H44N8O5/c1-28-4-12-42(44(55)50-28)54-45(56)37-11-8-32(22-38(37)46(54)57)53-19-17-52(18-20-53)16-2-3-31-7-9-33(26-48-31)58-34-23-35(24-34)59-43-13-6-30(25-49-43)29-5-10-36-39-27-47-15-14-40(39)51-41(36)21-29/h5-11,13-15,21-22,25-27,34-35,42,51H,1-4,12,16-20,23-24H2,(H,50,55). The van der Waals surface area contributed by atoms with Crippen LogP contribution in [0.2, 0.25) is 0 Å². The lowest BCUT2D eigenvalue weighted by Gasteiger charge is -2.36. The normalized spacial score (nSPS) is 20.8. The van der Waals surface area contributed by atoms with Crippen LogP contribution in [0, 0.1) is 0 Å². The summed E-state index contributed by atoms with van der Waals surface area (Å²) in [6.07, 6.45) is 11.9. The van der Waals surface area contributed by atoms with Gasteiger partial charge in [0.1, 0.15) is 24.0 Å². The van der Waals surface area contributed by atoms with Gasteiger partial charge in [-0.25, -0.2) is 4.98 Å². The molecule has 0 spiro atoms. The number of rotatable bonds is 11. The number of allylic oxidation sites excluding steroid dienone is 1. The molecule has 1 saturated carbocycles. The maximum Gasteiger partial charge on any atom is 0.262 e. The minimum absolute atomic E-state index is 0.0665.